The fraction of sp³-hybridized carbons (Fsp3) is 0.409. The van der Waals surface area contributed by atoms with Crippen LogP contribution in [0.5, 0.6) is 5.75 Å². The largest absolute Gasteiger partial charge is 0.497 e. The van der Waals surface area contributed by atoms with Crippen molar-refractivity contribution in [2.24, 2.45) is 0 Å². The summed E-state index contributed by atoms with van der Waals surface area (Å²) in [5.41, 5.74) is 1.85. The van der Waals surface area contributed by atoms with Crippen LogP contribution < -0.4 is 4.74 Å². The molecule has 174 valence electrons. The Morgan fingerprint density at radius 2 is 1.85 bits per heavy atom. The Labute approximate surface area is 195 Å². The van der Waals surface area contributed by atoms with Crippen LogP contribution in [0.3, 0.4) is 0 Å². The second-order valence-electron chi connectivity index (χ2n) is 7.57. The molecule has 2 amide bonds. The molecule has 1 saturated heterocycles. The van der Waals surface area contributed by atoms with Gasteiger partial charge in [-0.1, -0.05) is 16.9 Å². The van der Waals surface area contributed by atoms with Crippen molar-refractivity contribution in [3.63, 3.8) is 0 Å². The highest BCUT2D eigenvalue weighted by atomic mass is 32.2. The van der Waals surface area contributed by atoms with Crippen molar-refractivity contribution in [2.45, 2.75) is 38.9 Å². The van der Waals surface area contributed by atoms with E-state index in [0.29, 0.717) is 41.8 Å². The highest BCUT2D eigenvalue weighted by molar-refractivity contribution is 7.99. The molecule has 0 aliphatic carbocycles. The number of hydrogen-bond donors (Lipinski definition) is 0. The van der Waals surface area contributed by atoms with Gasteiger partial charge in [0.25, 0.3) is 11.8 Å². The first-order valence-corrected chi connectivity index (χ1v) is 11.7. The van der Waals surface area contributed by atoms with Gasteiger partial charge >= 0.3 is 0 Å². The maximum Gasteiger partial charge on any atom is 0.277 e. The molecule has 0 spiro atoms. The van der Waals surface area contributed by atoms with Crippen LogP contribution in [-0.2, 0) is 11.3 Å². The van der Waals surface area contributed by atoms with Crippen molar-refractivity contribution < 1.29 is 18.8 Å². The molecule has 0 bridgehead atoms. The van der Waals surface area contributed by atoms with Crippen LogP contribution in [0.1, 0.15) is 35.2 Å². The van der Waals surface area contributed by atoms with Crippen LogP contribution in [0.2, 0.25) is 0 Å². The Bertz CT molecular complexity index is 1140. The van der Waals surface area contributed by atoms with Crippen LogP contribution in [0, 0.1) is 13.8 Å². The molecule has 10 nitrogen and oxygen atoms in total. The molecule has 3 heterocycles. The molecular formula is C22H26N6O4S. The summed E-state index contributed by atoms with van der Waals surface area (Å²) in [6.45, 7) is 7.05. The molecule has 0 unspecified atom stereocenters. The number of ether oxygens (including phenoxy) is 1. The lowest BCUT2D eigenvalue weighted by atomic mass is 10.2. The molecule has 0 radical (unpaired) electrons. The molecule has 4 rings (SSSR count). The van der Waals surface area contributed by atoms with Gasteiger partial charge < -0.3 is 13.8 Å². The molecule has 3 aromatic rings. The van der Waals surface area contributed by atoms with E-state index in [-0.39, 0.29) is 17.6 Å². The summed E-state index contributed by atoms with van der Waals surface area (Å²) < 4.78 is 12.3. The van der Waals surface area contributed by atoms with E-state index in [1.54, 1.807) is 21.0 Å². The van der Waals surface area contributed by atoms with Gasteiger partial charge in [-0.25, -0.2) is 5.01 Å². The van der Waals surface area contributed by atoms with E-state index < -0.39 is 0 Å². The number of hydrazine groups is 1. The highest BCUT2D eigenvalue weighted by Crippen LogP contribution is 2.27. The second-order valence-corrected chi connectivity index (χ2v) is 8.51. The number of methoxy groups -OCH3 is 1. The van der Waals surface area contributed by atoms with Gasteiger partial charge in [0.15, 0.2) is 11.0 Å². The Morgan fingerprint density at radius 3 is 2.48 bits per heavy atom. The minimum atomic E-state index is -0.263. The number of benzene rings is 1. The first-order valence-electron chi connectivity index (χ1n) is 10.7. The monoisotopic (exact) mass is 470 g/mol. The third-order valence-electron chi connectivity index (χ3n) is 5.51. The fourth-order valence-electron chi connectivity index (χ4n) is 3.83. The lowest BCUT2D eigenvalue weighted by molar-refractivity contribution is -0.137. The highest BCUT2D eigenvalue weighted by Gasteiger charge is 2.34. The number of hydrogen-bond acceptors (Lipinski definition) is 8. The molecule has 1 aliphatic heterocycles. The van der Waals surface area contributed by atoms with E-state index in [9.17, 15) is 9.59 Å². The number of nitrogens with zero attached hydrogens (tertiary/aromatic N) is 6. The lowest BCUT2D eigenvalue weighted by Gasteiger charge is -2.27. The Hall–Kier alpha value is -3.34. The Kier molecular flexibility index (Phi) is 6.68. The van der Waals surface area contributed by atoms with Crippen LogP contribution in [-0.4, -0.2) is 67.7 Å². The zero-order valence-corrected chi connectivity index (χ0v) is 19.9. The van der Waals surface area contributed by atoms with Gasteiger partial charge in [-0.05, 0) is 51.5 Å². The summed E-state index contributed by atoms with van der Waals surface area (Å²) >= 11 is 1.31. The summed E-state index contributed by atoms with van der Waals surface area (Å²) in [6.07, 6.45) is 0.721. The van der Waals surface area contributed by atoms with Gasteiger partial charge in [-0.3, -0.25) is 14.6 Å². The Balaban J connectivity index is 1.46. The molecule has 0 saturated carbocycles. The van der Waals surface area contributed by atoms with Gasteiger partial charge in [-0.15, -0.1) is 10.2 Å². The standard InChI is InChI=1S/C22H26N6O4S/c1-5-26-20(16-7-9-17(31-4)10-8-16)23-24-22(26)33-13-18(29)27-11-6-12-28(27)21(30)19-14(2)25-32-15(19)3/h7-10H,5-6,11-13H2,1-4H3. The number of amides is 2. The molecule has 0 atom stereocenters. The first-order chi connectivity index (χ1) is 15.9. The van der Waals surface area contributed by atoms with Gasteiger partial charge in [-0.2, -0.15) is 0 Å². The minimum absolute atomic E-state index is 0.145. The predicted molar refractivity (Wildman–Crippen MR) is 122 cm³/mol. The van der Waals surface area contributed by atoms with Crippen molar-refractivity contribution in [2.75, 3.05) is 26.0 Å². The third kappa shape index (κ3) is 4.45. The number of aryl methyl sites for hydroxylation is 2. The van der Waals surface area contributed by atoms with E-state index >= 15 is 0 Å². The predicted octanol–water partition coefficient (Wildman–Crippen LogP) is 2.96. The van der Waals surface area contributed by atoms with Gasteiger partial charge in [0.05, 0.1) is 18.6 Å². The summed E-state index contributed by atoms with van der Waals surface area (Å²) in [5, 5.41) is 16.1. The van der Waals surface area contributed by atoms with Crippen molar-refractivity contribution in [3.05, 3.63) is 41.3 Å². The molecular weight excluding hydrogens is 444 g/mol. The molecule has 0 N–H and O–H groups in total. The van der Waals surface area contributed by atoms with Gasteiger partial charge in [0, 0.05) is 25.2 Å². The van der Waals surface area contributed by atoms with Gasteiger partial charge in [0.1, 0.15) is 17.1 Å². The summed E-state index contributed by atoms with van der Waals surface area (Å²) in [6, 6.07) is 7.60. The zero-order valence-electron chi connectivity index (χ0n) is 19.1. The Morgan fingerprint density at radius 1 is 1.12 bits per heavy atom. The summed E-state index contributed by atoms with van der Waals surface area (Å²) in [4.78, 5) is 26.1. The SMILES string of the molecule is CCn1c(SCC(=O)N2CCCN2C(=O)c2c(C)noc2C)nnc1-c1ccc(OC)cc1. The van der Waals surface area contributed by atoms with E-state index in [4.69, 9.17) is 9.26 Å². The molecule has 2 aromatic heterocycles. The van der Waals surface area contributed by atoms with Crippen molar-refractivity contribution in [3.8, 4) is 17.1 Å². The quantitative estimate of drug-likeness (QED) is 0.485. The normalized spacial score (nSPS) is 13.6. The lowest BCUT2D eigenvalue weighted by Crippen LogP contribution is -2.45. The van der Waals surface area contributed by atoms with Crippen LogP contribution >= 0.6 is 11.8 Å². The summed E-state index contributed by atoms with van der Waals surface area (Å²) in [5.74, 6) is 1.67. The van der Waals surface area contributed by atoms with E-state index in [0.717, 1.165) is 23.6 Å². The van der Waals surface area contributed by atoms with Crippen molar-refractivity contribution in [1.82, 2.24) is 29.9 Å². The first kappa shape index (κ1) is 22.8. The van der Waals surface area contributed by atoms with Crippen LogP contribution in [0.15, 0.2) is 33.9 Å². The molecule has 1 aliphatic rings. The van der Waals surface area contributed by atoms with Crippen molar-refractivity contribution in [1.29, 1.82) is 0 Å². The second kappa shape index (κ2) is 9.65. The number of rotatable bonds is 7. The van der Waals surface area contributed by atoms with Crippen LogP contribution in [0.25, 0.3) is 11.4 Å². The fourth-order valence-corrected chi connectivity index (χ4v) is 4.71. The average Bonchev–Trinajstić information content (AvgIpc) is 3.55. The molecule has 1 aromatic carbocycles. The van der Waals surface area contributed by atoms with Crippen LogP contribution in [0.4, 0.5) is 0 Å². The maximum absolute atomic E-state index is 13.0. The van der Waals surface area contributed by atoms with Crippen molar-refractivity contribution >= 4 is 23.6 Å². The third-order valence-corrected chi connectivity index (χ3v) is 6.46. The summed E-state index contributed by atoms with van der Waals surface area (Å²) in [7, 11) is 1.62. The number of carbonyl (C=O) groups excluding carboxylic acids is 2. The van der Waals surface area contributed by atoms with E-state index in [2.05, 4.69) is 15.4 Å². The molecule has 11 heteroatoms. The maximum atomic E-state index is 13.0. The molecule has 33 heavy (non-hydrogen) atoms. The number of carbonyl (C=O) groups is 2. The van der Waals surface area contributed by atoms with E-state index in [1.807, 2.05) is 35.8 Å². The number of thioether (sulfide) groups is 1. The molecule has 1 fully saturated rings. The topological polar surface area (TPSA) is 107 Å². The minimum Gasteiger partial charge on any atom is -0.497 e. The smallest absolute Gasteiger partial charge is 0.277 e. The average molecular weight is 471 g/mol. The number of aromatic nitrogens is 4. The van der Waals surface area contributed by atoms with E-state index in [1.165, 1.54) is 21.8 Å². The van der Waals surface area contributed by atoms with Gasteiger partial charge in [0.2, 0.25) is 0 Å². The zero-order chi connectivity index (χ0) is 23.5.